The minimum atomic E-state index is 0.0417. The van der Waals surface area contributed by atoms with E-state index < -0.39 is 0 Å². The molecule has 8 heavy (non-hydrogen) atoms. The summed E-state index contributed by atoms with van der Waals surface area (Å²) < 4.78 is 0. The number of ketones is 1. The fourth-order valence-electron chi connectivity index (χ4n) is 0.601. The van der Waals surface area contributed by atoms with Crippen molar-refractivity contribution in [1.82, 2.24) is 0 Å². The van der Waals surface area contributed by atoms with Crippen molar-refractivity contribution in [3.05, 3.63) is 11.8 Å². The summed E-state index contributed by atoms with van der Waals surface area (Å²) in [4.78, 5) is 10.3. The van der Waals surface area contributed by atoms with Gasteiger partial charge in [0.15, 0.2) is 0 Å². The third kappa shape index (κ3) is 1.09. The van der Waals surface area contributed by atoms with E-state index in [0.29, 0.717) is 6.42 Å². The molecule has 0 spiro atoms. The topological polar surface area (TPSA) is 37.3 Å². The van der Waals surface area contributed by atoms with Gasteiger partial charge in [0.2, 0.25) is 0 Å². The Bertz CT molecular complexity index is 143. The van der Waals surface area contributed by atoms with Gasteiger partial charge in [0.05, 0.1) is 5.76 Å². The zero-order valence-electron chi connectivity index (χ0n) is 4.72. The van der Waals surface area contributed by atoms with Gasteiger partial charge in [-0.3, -0.25) is 4.79 Å². The molecule has 1 aliphatic carbocycles. The molecule has 2 nitrogen and oxygen atoms in total. The van der Waals surface area contributed by atoms with Gasteiger partial charge < -0.3 is 5.11 Å². The molecule has 0 aromatic heterocycles. The molecule has 1 fully saturated rings. The normalized spacial score (nSPS) is 28.4. The molecular weight excluding hydrogens is 104 g/mol. The predicted octanol–water partition coefficient (Wildman–Crippen LogP) is 1.04. The van der Waals surface area contributed by atoms with Crippen LogP contribution in [0.5, 0.6) is 0 Å². The van der Waals surface area contributed by atoms with Crippen molar-refractivity contribution < 1.29 is 9.90 Å². The highest BCUT2D eigenvalue weighted by molar-refractivity contribution is 5.97. The highest BCUT2D eigenvalue weighted by Gasteiger charge is 2.32. The molecule has 1 saturated carbocycles. The lowest BCUT2D eigenvalue weighted by Crippen LogP contribution is -1.74. The first-order chi connectivity index (χ1) is 3.70. The molecule has 1 aliphatic rings. The number of Topliss-reactive ketones (excluding diaryl/α,β-unsaturated/α-hetero) is 1. The summed E-state index contributed by atoms with van der Waals surface area (Å²) in [5.41, 5.74) is 0. The number of hydrogen-bond donors (Lipinski definition) is 1. The molecule has 0 amide bonds. The second kappa shape index (κ2) is 1.62. The van der Waals surface area contributed by atoms with Gasteiger partial charge in [-0.2, -0.15) is 0 Å². The fourth-order valence-corrected chi connectivity index (χ4v) is 0.601. The smallest absolute Gasteiger partial charge is 0.141 e. The van der Waals surface area contributed by atoms with E-state index >= 15 is 0 Å². The van der Waals surface area contributed by atoms with Gasteiger partial charge in [-0.15, -0.1) is 0 Å². The molecule has 0 saturated heterocycles. The summed E-state index contributed by atoms with van der Waals surface area (Å²) in [7, 11) is 0. The summed E-state index contributed by atoms with van der Waals surface area (Å²) >= 11 is 0. The number of aliphatic hydroxyl groups is 1. The summed E-state index contributed by atoms with van der Waals surface area (Å²) in [6.07, 6.45) is 2.21. The summed E-state index contributed by atoms with van der Waals surface area (Å²) in [6.45, 7) is 1.58. The van der Waals surface area contributed by atoms with Gasteiger partial charge in [0.25, 0.3) is 0 Å². The van der Waals surface area contributed by atoms with Crippen LogP contribution >= 0.6 is 0 Å². The standard InChI is InChI=1S/C6H8O2/c1-4(7)2-5-3-6(5)8/h2,5,7H,3H2,1H3/b4-2+. The number of aliphatic hydroxyl groups excluding tert-OH is 1. The molecule has 0 aromatic rings. The van der Waals surface area contributed by atoms with Crippen LogP contribution in [0.1, 0.15) is 13.3 Å². The van der Waals surface area contributed by atoms with Crippen LogP contribution in [0.4, 0.5) is 0 Å². The van der Waals surface area contributed by atoms with Crippen LogP contribution < -0.4 is 0 Å². The van der Waals surface area contributed by atoms with E-state index in [9.17, 15) is 4.79 Å². The van der Waals surface area contributed by atoms with Gasteiger partial charge in [0.1, 0.15) is 5.78 Å². The van der Waals surface area contributed by atoms with Crippen LogP contribution in [0.2, 0.25) is 0 Å². The molecule has 0 bridgehead atoms. The highest BCUT2D eigenvalue weighted by Crippen LogP contribution is 2.25. The molecule has 1 unspecified atom stereocenters. The molecule has 0 heterocycles. The maximum Gasteiger partial charge on any atom is 0.141 e. The number of allylic oxidation sites excluding steroid dienone is 2. The fraction of sp³-hybridized carbons (Fsp3) is 0.500. The van der Waals surface area contributed by atoms with Crippen molar-refractivity contribution in [3.63, 3.8) is 0 Å². The van der Waals surface area contributed by atoms with Crippen molar-refractivity contribution in [2.75, 3.05) is 0 Å². The summed E-state index contributed by atoms with van der Waals surface area (Å²) in [5, 5.41) is 8.59. The molecule has 1 rings (SSSR count). The second-order valence-corrected chi connectivity index (χ2v) is 2.08. The average Bonchev–Trinajstić information content (AvgIpc) is 2.17. The van der Waals surface area contributed by atoms with Crippen LogP contribution in [-0.2, 0) is 4.79 Å². The quantitative estimate of drug-likeness (QED) is 0.514. The Kier molecular flexibility index (Phi) is 1.08. The Hall–Kier alpha value is -0.790. The van der Waals surface area contributed by atoms with Crippen molar-refractivity contribution in [1.29, 1.82) is 0 Å². The minimum absolute atomic E-state index is 0.0417. The van der Waals surface area contributed by atoms with E-state index in [1.54, 1.807) is 13.0 Å². The molecule has 0 radical (unpaired) electrons. The van der Waals surface area contributed by atoms with Crippen LogP contribution in [-0.4, -0.2) is 10.9 Å². The zero-order valence-corrected chi connectivity index (χ0v) is 4.72. The molecular formula is C6H8O2. The van der Waals surface area contributed by atoms with E-state index in [1.165, 1.54) is 0 Å². The lowest BCUT2D eigenvalue weighted by Gasteiger charge is -1.81. The van der Waals surface area contributed by atoms with Crippen LogP contribution in [0.3, 0.4) is 0 Å². The molecule has 1 N–H and O–H groups in total. The Morgan fingerprint density at radius 3 is 2.62 bits per heavy atom. The van der Waals surface area contributed by atoms with Gasteiger partial charge in [-0.05, 0) is 13.0 Å². The maximum atomic E-state index is 10.3. The van der Waals surface area contributed by atoms with Crippen LogP contribution in [0, 0.1) is 5.92 Å². The molecule has 44 valence electrons. The summed E-state index contributed by atoms with van der Waals surface area (Å²) in [5.74, 6) is 0.527. The lowest BCUT2D eigenvalue weighted by molar-refractivity contribution is -0.110. The van der Waals surface area contributed by atoms with E-state index in [4.69, 9.17) is 5.11 Å². The van der Waals surface area contributed by atoms with Crippen LogP contribution in [0.25, 0.3) is 0 Å². The first kappa shape index (κ1) is 5.35. The van der Waals surface area contributed by atoms with Crippen molar-refractivity contribution in [3.8, 4) is 0 Å². The number of hydrogen-bond acceptors (Lipinski definition) is 2. The van der Waals surface area contributed by atoms with E-state index in [0.717, 1.165) is 0 Å². The van der Waals surface area contributed by atoms with E-state index in [-0.39, 0.29) is 17.5 Å². The van der Waals surface area contributed by atoms with E-state index in [1.807, 2.05) is 0 Å². The number of carbonyl (C=O) groups is 1. The molecule has 2 heteroatoms. The predicted molar refractivity (Wildman–Crippen MR) is 29.5 cm³/mol. The Labute approximate surface area is 47.8 Å². The Balaban J connectivity index is 2.43. The van der Waals surface area contributed by atoms with E-state index in [2.05, 4.69) is 0 Å². The monoisotopic (exact) mass is 112 g/mol. The van der Waals surface area contributed by atoms with Gasteiger partial charge in [-0.1, -0.05) is 0 Å². The summed E-state index contributed by atoms with van der Waals surface area (Å²) in [6, 6.07) is 0. The number of carbonyl (C=O) groups excluding carboxylic acids is 1. The van der Waals surface area contributed by atoms with Gasteiger partial charge >= 0.3 is 0 Å². The third-order valence-corrected chi connectivity index (χ3v) is 1.12. The van der Waals surface area contributed by atoms with Crippen LogP contribution in [0.15, 0.2) is 11.8 Å². The Morgan fingerprint density at radius 2 is 2.50 bits per heavy atom. The largest absolute Gasteiger partial charge is 0.513 e. The first-order valence-corrected chi connectivity index (χ1v) is 2.60. The average molecular weight is 112 g/mol. The van der Waals surface area contributed by atoms with Crippen molar-refractivity contribution in [2.45, 2.75) is 13.3 Å². The van der Waals surface area contributed by atoms with Crippen molar-refractivity contribution >= 4 is 5.78 Å². The van der Waals surface area contributed by atoms with Gasteiger partial charge in [0, 0.05) is 12.3 Å². The molecule has 0 aromatic carbocycles. The lowest BCUT2D eigenvalue weighted by atomic mass is 10.3. The molecule has 0 aliphatic heterocycles. The maximum absolute atomic E-state index is 10.3. The number of rotatable bonds is 1. The first-order valence-electron chi connectivity index (χ1n) is 2.60. The minimum Gasteiger partial charge on any atom is -0.513 e. The zero-order chi connectivity index (χ0) is 6.15. The second-order valence-electron chi connectivity index (χ2n) is 2.08. The Morgan fingerprint density at radius 1 is 2.00 bits per heavy atom. The molecule has 1 atom stereocenters. The van der Waals surface area contributed by atoms with Gasteiger partial charge in [-0.25, -0.2) is 0 Å². The van der Waals surface area contributed by atoms with Crippen molar-refractivity contribution in [2.24, 2.45) is 5.92 Å². The SMILES string of the molecule is C/C(O)=C\C1CC1=O. The highest BCUT2D eigenvalue weighted by atomic mass is 16.3. The third-order valence-electron chi connectivity index (χ3n) is 1.12.